The fourth-order valence-electron chi connectivity index (χ4n) is 4.82. The minimum absolute atomic E-state index is 0.0294. The minimum atomic E-state index is -0.635. The first-order valence-corrected chi connectivity index (χ1v) is 12.6. The van der Waals surface area contributed by atoms with Gasteiger partial charge in [0, 0.05) is 29.2 Å². The van der Waals surface area contributed by atoms with Crippen molar-refractivity contribution in [2.75, 3.05) is 5.32 Å². The van der Waals surface area contributed by atoms with Gasteiger partial charge in [0.15, 0.2) is 11.6 Å². The highest BCUT2D eigenvalue weighted by Crippen LogP contribution is 2.34. The van der Waals surface area contributed by atoms with Gasteiger partial charge < -0.3 is 15.6 Å². The van der Waals surface area contributed by atoms with E-state index < -0.39 is 11.6 Å². The van der Waals surface area contributed by atoms with Crippen LogP contribution in [-0.4, -0.2) is 32.9 Å². The smallest absolute Gasteiger partial charge is 0.263 e. The number of aromatic amines is 1. The summed E-state index contributed by atoms with van der Waals surface area (Å²) in [6.07, 6.45) is 4.68. The number of hydrogen-bond donors (Lipinski definition) is 3. The Labute approximate surface area is 210 Å². The molecule has 1 amide bonds. The SMILES string of the molecule is Cc1cc(F)c2[nH]cc(-c3nc(N[C@@H]4CCC[C@@H](NC(=O)c5scnc5C)C4)c(F)cc3C#N)c2c1. The van der Waals surface area contributed by atoms with Gasteiger partial charge >= 0.3 is 0 Å². The van der Waals surface area contributed by atoms with Gasteiger partial charge in [0.2, 0.25) is 0 Å². The van der Waals surface area contributed by atoms with Crippen LogP contribution in [0, 0.1) is 36.8 Å². The summed E-state index contributed by atoms with van der Waals surface area (Å²) in [5, 5.41) is 16.5. The van der Waals surface area contributed by atoms with Crippen LogP contribution in [0.15, 0.2) is 29.9 Å². The van der Waals surface area contributed by atoms with Crippen molar-refractivity contribution in [1.82, 2.24) is 20.3 Å². The lowest BCUT2D eigenvalue weighted by atomic mass is 9.90. The molecule has 0 aliphatic heterocycles. The molecule has 0 spiro atoms. The van der Waals surface area contributed by atoms with E-state index in [1.165, 1.54) is 17.4 Å². The van der Waals surface area contributed by atoms with E-state index in [1.54, 1.807) is 25.6 Å². The first-order chi connectivity index (χ1) is 17.3. The van der Waals surface area contributed by atoms with Gasteiger partial charge in [0.05, 0.1) is 28.0 Å². The molecule has 4 aromatic rings. The molecule has 184 valence electrons. The van der Waals surface area contributed by atoms with Crippen LogP contribution < -0.4 is 10.6 Å². The fraction of sp³-hybridized carbons (Fsp3) is 0.308. The summed E-state index contributed by atoms with van der Waals surface area (Å²) in [7, 11) is 0. The van der Waals surface area contributed by atoms with Crippen molar-refractivity contribution in [1.29, 1.82) is 5.26 Å². The van der Waals surface area contributed by atoms with Crippen LogP contribution in [-0.2, 0) is 0 Å². The molecule has 0 unspecified atom stereocenters. The number of aryl methyl sites for hydroxylation is 2. The zero-order chi connectivity index (χ0) is 25.4. The Morgan fingerprint density at radius 2 is 2.00 bits per heavy atom. The zero-order valence-corrected chi connectivity index (χ0v) is 20.6. The Balaban J connectivity index is 1.40. The highest BCUT2D eigenvalue weighted by atomic mass is 32.1. The number of carbonyl (C=O) groups is 1. The Hall–Kier alpha value is -3.84. The molecule has 1 fully saturated rings. The first-order valence-electron chi connectivity index (χ1n) is 11.7. The topological polar surface area (TPSA) is 106 Å². The van der Waals surface area contributed by atoms with E-state index in [9.17, 15) is 18.8 Å². The van der Waals surface area contributed by atoms with Crippen LogP contribution in [0.1, 0.15) is 52.2 Å². The number of anilines is 1. The van der Waals surface area contributed by atoms with E-state index in [0.717, 1.165) is 30.9 Å². The molecule has 0 saturated heterocycles. The summed E-state index contributed by atoms with van der Waals surface area (Å²) >= 11 is 1.31. The van der Waals surface area contributed by atoms with Crippen molar-refractivity contribution in [3.8, 4) is 17.3 Å². The number of fused-ring (bicyclic) bond motifs is 1. The molecule has 1 aliphatic rings. The molecule has 1 aliphatic carbocycles. The van der Waals surface area contributed by atoms with Gasteiger partial charge in [-0.2, -0.15) is 5.26 Å². The number of thiazole rings is 1. The van der Waals surface area contributed by atoms with Crippen LogP contribution in [0.5, 0.6) is 0 Å². The van der Waals surface area contributed by atoms with Crippen LogP contribution >= 0.6 is 11.3 Å². The predicted octanol–water partition coefficient (Wildman–Crippen LogP) is 5.61. The zero-order valence-electron chi connectivity index (χ0n) is 19.8. The lowest BCUT2D eigenvalue weighted by molar-refractivity contribution is 0.0929. The summed E-state index contributed by atoms with van der Waals surface area (Å²) < 4.78 is 29.4. The summed E-state index contributed by atoms with van der Waals surface area (Å²) in [5.41, 5.74) is 4.25. The molecule has 3 N–H and O–H groups in total. The summed E-state index contributed by atoms with van der Waals surface area (Å²) in [4.78, 5) is 24.7. The van der Waals surface area contributed by atoms with Crippen molar-refractivity contribution in [2.45, 2.75) is 51.6 Å². The number of nitrogens with one attached hydrogen (secondary N) is 3. The van der Waals surface area contributed by atoms with Gasteiger partial charge in [-0.15, -0.1) is 11.3 Å². The van der Waals surface area contributed by atoms with Gasteiger partial charge in [-0.25, -0.2) is 18.7 Å². The van der Waals surface area contributed by atoms with E-state index in [4.69, 9.17) is 0 Å². The quantitative estimate of drug-likeness (QED) is 0.326. The number of carbonyl (C=O) groups excluding carboxylic acids is 1. The average Bonchev–Trinajstić information content (AvgIpc) is 3.46. The summed E-state index contributed by atoms with van der Waals surface area (Å²) in [6, 6.07) is 6.22. The number of nitrogens with zero attached hydrogens (tertiary/aromatic N) is 3. The number of nitriles is 1. The molecule has 0 radical (unpaired) electrons. The molecule has 10 heteroatoms. The maximum atomic E-state index is 15.0. The van der Waals surface area contributed by atoms with Crippen LogP contribution in [0.2, 0.25) is 0 Å². The number of aromatic nitrogens is 3. The second-order valence-electron chi connectivity index (χ2n) is 9.14. The molecule has 36 heavy (non-hydrogen) atoms. The van der Waals surface area contributed by atoms with Crippen molar-refractivity contribution < 1.29 is 13.6 Å². The maximum absolute atomic E-state index is 15.0. The van der Waals surface area contributed by atoms with E-state index >= 15 is 0 Å². The molecule has 2 atom stereocenters. The minimum Gasteiger partial charge on any atom is -0.365 e. The van der Waals surface area contributed by atoms with Gasteiger partial charge in [-0.05, 0) is 63.3 Å². The second-order valence-corrected chi connectivity index (χ2v) is 10.00. The maximum Gasteiger partial charge on any atom is 0.263 e. The van der Waals surface area contributed by atoms with E-state index in [1.807, 2.05) is 12.1 Å². The van der Waals surface area contributed by atoms with Crippen molar-refractivity contribution in [3.63, 3.8) is 0 Å². The third kappa shape index (κ3) is 4.54. The molecule has 1 aromatic carbocycles. The van der Waals surface area contributed by atoms with Crippen molar-refractivity contribution in [3.05, 3.63) is 63.2 Å². The van der Waals surface area contributed by atoms with Gasteiger partial charge in [-0.3, -0.25) is 4.79 Å². The van der Waals surface area contributed by atoms with Crippen LogP contribution in [0.3, 0.4) is 0 Å². The van der Waals surface area contributed by atoms with Gasteiger partial charge in [0.25, 0.3) is 5.91 Å². The van der Waals surface area contributed by atoms with Crippen LogP contribution in [0.25, 0.3) is 22.2 Å². The molecule has 7 nitrogen and oxygen atoms in total. The molecule has 0 bridgehead atoms. The Morgan fingerprint density at radius 1 is 1.19 bits per heavy atom. The number of pyridine rings is 1. The second kappa shape index (κ2) is 9.66. The highest BCUT2D eigenvalue weighted by molar-refractivity contribution is 7.11. The molecule has 3 aromatic heterocycles. The summed E-state index contributed by atoms with van der Waals surface area (Å²) in [5.74, 6) is -1.16. The van der Waals surface area contributed by atoms with E-state index in [2.05, 4.69) is 25.6 Å². The largest absolute Gasteiger partial charge is 0.365 e. The van der Waals surface area contributed by atoms with E-state index in [-0.39, 0.29) is 35.1 Å². The standard InChI is InChI=1S/C26H24F2N6OS/c1-13-6-18-19(11-30-23(18)20(27)7-13)22-15(10-29)8-21(28)25(34-22)32-16-4-3-5-17(9-16)33-26(35)24-14(2)31-12-36-24/h6-8,11-12,16-17,30H,3-5,9H2,1-2H3,(H,32,34)(H,33,35)/t16-,17-/m1/s1. The Morgan fingerprint density at radius 3 is 2.75 bits per heavy atom. The van der Waals surface area contributed by atoms with Crippen LogP contribution in [0.4, 0.5) is 14.6 Å². The highest BCUT2D eigenvalue weighted by Gasteiger charge is 2.26. The van der Waals surface area contributed by atoms with Gasteiger partial charge in [-0.1, -0.05) is 0 Å². The molecular formula is C26H24F2N6OS. The molecular weight excluding hydrogens is 482 g/mol. The van der Waals surface area contributed by atoms with Gasteiger partial charge in [0.1, 0.15) is 16.8 Å². The normalized spacial score (nSPS) is 17.6. The van der Waals surface area contributed by atoms with E-state index in [0.29, 0.717) is 33.5 Å². The van der Waals surface area contributed by atoms with Crippen molar-refractivity contribution >= 4 is 34.0 Å². The predicted molar refractivity (Wildman–Crippen MR) is 135 cm³/mol. The number of halogens is 2. The monoisotopic (exact) mass is 506 g/mol. The molecule has 3 heterocycles. The number of H-pyrrole nitrogens is 1. The summed E-state index contributed by atoms with van der Waals surface area (Å²) in [6.45, 7) is 3.58. The lowest BCUT2D eigenvalue weighted by Crippen LogP contribution is -2.42. The Bertz CT molecular complexity index is 1500. The average molecular weight is 507 g/mol. The number of hydrogen-bond acceptors (Lipinski definition) is 6. The number of rotatable bonds is 5. The molecule has 1 saturated carbocycles. The number of amides is 1. The fourth-order valence-corrected chi connectivity index (χ4v) is 5.52. The molecule has 5 rings (SSSR count). The lowest BCUT2D eigenvalue weighted by Gasteiger charge is -2.30. The third-order valence-electron chi connectivity index (χ3n) is 6.54. The third-order valence-corrected chi connectivity index (χ3v) is 7.47. The Kier molecular flexibility index (Phi) is 6.41. The number of benzene rings is 1. The van der Waals surface area contributed by atoms with Crippen molar-refractivity contribution in [2.24, 2.45) is 0 Å². The first kappa shape index (κ1) is 23.9.